The average Bonchev–Trinajstić information content (AvgIpc) is 3.55. The second-order valence-electron chi connectivity index (χ2n) is 10.1. The van der Waals surface area contributed by atoms with Gasteiger partial charge in [0.05, 0.1) is 7.11 Å². The highest BCUT2D eigenvalue weighted by molar-refractivity contribution is 6.31. The van der Waals surface area contributed by atoms with E-state index in [1.807, 2.05) is 43.9 Å². The third-order valence-electron chi connectivity index (χ3n) is 6.43. The molecule has 0 bridgehead atoms. The van der Waals surface area contributed by atoms with Crippen LogP contribution < -0.4 is 4.74 Å². The molecule has 1 saturated carbocycles. The Hall–Kier alpha value is -2.25. The third kappa shape index (κ3) is 5.82. The van der Waals surface area contributed by atoms with E-state index in [4.69, 9.17) is 21.1 Å². The molecule has 1 aromatic carbocycles. The molecule has 1 aliphatic carbocycles. The summed E-state index contributed by atoms with van der Waals surface area (Å²) in [6, 6.07) is 4.23. The normalized spacial score (nSPS) is 20.2. The van der Waals surface area contributed by atoms with Crippen LogP contribution in [-0.2, 0) is 9.53 Å². The fraction of sp³-hybridized carbons (Fsp3) is 0.600. The molecule has 0 unspecified atom stereocenters. The summed E-state index contributed by atoms with van der Waals surface area (Å²) < 4.78 is 10.9. The number of ether oxygens (including phenoxy) is 2. The molecule has 2 amide bonds. The molecule has 3 aliphatic rings. The lowest BCUT2D eigenvalue weighted by molar-refractivity contribution is -0.128. The molecule has 7 nitrogen and oxygen atoms in total. The first-order valence-electron chi connectivity index (χ1n) is 11.7. The Morgan fingerprint density at radius 3 is 2.30 bits per heavy atom. The summed E-state index contributed by atoms with van der Waals surface area (Å²) in [6.45, 7) is 9.97. The highest BCUT2D eigenvalue weighted by atomic mass is 35.5. The van der Waals surface area contributed by atoms with Crippen LogP contribution in [0.2, 0.25) is 5.02 Å². The summed E-state index contributed by atoms with van der Waals surface area (Å²) in [7, 11) is 1.62. The number of piperazine rings is 1. The van der Waals surface area contributed by atoms with Gasteiger partial charge in [-0.15, -0.1) is 0 Å². The number of halogens is 1. The number of rotatable bonds is 5. The number of nitrogens with zero attached hydrogens (tertiary/aromatic N) is 3. The first-order valence-corrected chi connectivity index (χ1v) is 12.1. The zero-order valence-corrected chi connectivity index (χ0v) is 20.7. The van der Waals surface area contributed by atoms with Crippen molar-refractivity contribution in [1.82, 2.24) is 14.7 Å². The summed E-state index contributed by atoms with van der Waals surface area (Å²) in [5.41, 5.74) is 1.54. The molecule has 0 spiro atoms. The van der Waals surface area contributed by atoms with Crippen LogP contribution in [0.5, 0.6) is 5.75 Å². The van der Waals surface area contributed by atoms with E-state index in [-0.39, 0.29) is 12.0 Å². The van der Waals surface area contributed by atoms with Gasteiger partial charge in [0.1, 0.15) is 11.4 Å². The number of hydrogen-bond donors (Lipinski definition) is 0. The number of benzene rings is 1. The summed E-state index contributed by atoms with van der Waals surface area (Å²) >= 11 is 6.40. The highest BCUT2D eigenvalue weighted by Gasteiger charge is 2.38. The smallest absolute Gasteiger partial charge is 0.410 e. The molecular weight excluding hydrogens is 442 g/mol. The number of likely N-dealkylation sites (tertiary alicyclic amines) is 1. The molecule has 0 radical (unpaired) electrons. The van der Waals surface area contributed by atoms with Gasteiger partial charge in [0.2, 0.25) is 5.91 Å². The monoisotopic (exact) mass is 475 g/mol. The summed E-state index contributed by atoms with van der Waals surface area (Å²) in [5.74, 6) is 1.21. The van der Waals surface area contributed by atoms with E-state index in [1.54, 1.807) is 18.1 Å². The van der Waals surface area contributed by atoms with Crippen LogP contribution in [0.3, 0.4) is 0 Å². The van der Waals surface area contributed by atoms with E-state index in [1.165, 1.54) is 0 Å². The maximum atomic E-state index is 12.8. The summed E-state index contributed by atoms with van der Waals surface area (Å²) in [5, 5.41) is 0.732. The van der Waals surface area contributed by atoms with Gasteiger partial charge >= 0.3 is 6.09 Å². The van der Waals surface area contributed by atoms with Gasteiger partial charge in [0.15, 0.2) is 0 Å². The summed E-state index contributed by atoms with van der Waals surface area (Å²) in [4.78, 5) is 30.9. The van der Waals surface area contributed by atoms with Crippen molar-refractivity contribution in [2.75, 3.05) is 46.4 Å². The Balaban J connectivity index is 1.27. The van der Waals surface area contributed by atoms with E-state index < -0.39 is 5.60 Å². The molecule has 1 aromatic rings. The molecule has 2 saturated heterocycles. The number of carbonyl (C=O) groups excluding carboxylic acids is 2. The lowest BCUT2D eigenvalue weighted by Gasteiger charge is -2.47. The van der Waals surface area contributed by atoms with Crippen LogP contribution in [0.1, 0.15) is 50.7 Å². The maximum absolute atomic E-state index is 12.8. The topological polar surface area (TPSA) is 62.3 Å². The van der Waals surface area contributed by atoms with Crippen LogP contribution in [0, 0.1) is 0 Å². The van der Waals surface area contributed by atoms with Crippen molar-refractivity contribution in [3.05, 3.63) is 34.4 Å². The molecule has 180 valence electrons. The second kappa shape index (κ2) is 9.55. The number of methoxy groups -OCH3 is 1. The van der Waals surface area contributed by atoms with Crippen molar-refractivity contribution in [2.24, 2.45) is 0 Å². The highest BCUT2D eigenvalue weighted by Crippen LogP contribution is 2.45. The molecule has 33 heavy (non-hydrogen) atoms. The van der Waals surface area contributed by atoms with E-state index in [2.05, 4.69) is 4.90 Å². The van der Waals surface area contributed by atoms with Crippen molar-refractivity contribution >= 4 is 29.7 Å². The van der Waals surface area contributed by atoms with Crippen molar-refractivity contribution in [3.8, 4) is 5.75 Å². The fourth-order valence-corrected chi connectivity index (χ4v) is 4.65. The zero-order valence-electron chi connectivity index (χ0n) is 20.0. The summed E-state index contributed by atoms with van der Waals surface area (Å²) in [6.07, 6.45) is 5.54. The molecule has 4 rings (SSSR count). The standard InChI is InChI=1S/C25H34ClN3O4/c1-25(2,3)33-24(31)29-15-19(16-29)27-9-11-28(12-10-27)23(30)8-7-18-13-20(17-5-6-17)21(26)14-22(18)32-4/h7-8,13-14,17,19H,5-6,9-12,15-16H2,1-4H3/b8-7+. The predicted octanol–water partition coefficient (Wildman–Crippen LogP) is 4.00. The van der Waals surface area contributed by atoms with Crippen molar-refractivity contribution < 1.29 is 19.1 Å². The lowest BCUT2D eigenvalue weighted by Crippen LogP contribution is -2.64. The average molecular weight is 476 g/mol. The Kier molecular flexibility index (Phi) is 6.91. The van der Waals surface area contributed by atoms with Crippen LogP contribution in [0.25, 0.3) is 6.08 Å². The van der Waals surface area contributed by atoms with Crippen LogP contribution in [0.4, 0.5) is 4.79 Å². The van der Waals surface area contributed by atoms with E-state index in [0.29, 0.717) is 43.9 Å². The van der Waals surface area contributed by atoms with Crippen molar-refractivity contribution in [3.63, 3.8) is 0 Å². The van der Waals surface area contributed by atoms with E-state index >= 15 is 0 Å². The van der Waals surface area contributed by atoms with Crippen LogP contribution >= 0.6 is 11.6 Å². The number of carbonyl (C=O) groups is 2. The SMILES string of the molecule is COc1cc(Cl)c(C2CC2)cc1/C=C/C(=O)N1CCN(C2CN(C(=O)OC(C)(C)C)C2)CC1. The van der Waals surface area contributed by atoms with Crippen LogP contribution in [-0.4, -0.2) is 84.7 Å². The first kappa shape index (κ1) is 23.9. The Morgan fingerprint density at radius 1 is 1.06 bits per heavy atom. The van der Waals surface area contributed by atoms with Gasteiger partial charge in [-0.25, -0.2) is 4.79 Å². The number of amides is 2. The lowest BCUT2D eigenvalue weighted by atomic mass is 10.0. The molecule has 2 heterocycles. The predicted molar refractivity (Wildman–Crippen MR) is 129 cm³/mol. The molecular formula is C25H34ClN3O4. The second-order valence-corrected chi connectivity index (χ2v) is 10.5. The van der Waals surface area contributed by atoms with Crippen molar-refractivity contribution in [2.45, 2.75) is 51.2 Å². The van der Waals surface area contributed by atoms with Crippen LogP contribution in [0.15, 0.2) is 18.2 Å². The third-order valence-corrected chi connectivity index (χ3v) is 6.76. The molecule has 0 N–H and O–H groups in total. The quantitative estimate of drug-likeness (QED) is 0.602. The Bertz CT molecular complexity index is 924. The van der Waals surface area contributed by atoms with Gasteiger partial charge in [0.25, 0.3) is 0 Å². The van der Waals surface area contributed by atoms with Gasteiger partial charge in [-0.1, -0.05) is 11.6 Å². The van der Waals surface area contributed by atoms with Gasteiger partial charge < -0.3 is 19.3 Å². The number of hydrogen-bond acceptors (Lipinski definition) is 5. The van der Waals surface area contributed by atoms with Gasteiger partial charge in [-0.2, -0.15) is 0 Å². The molecule has 2 aliphatic heterocycles. The first-order chi connectivity index (χ1) is 15.6. The minimum absolute atomic E-state index is 0.00335. The van der Waals surface area contributed by atoms with Crippen molar-refractivity contribution in [1.29, 1.82) is 0 Å². The molecule has 0 atom stereocenters. The molecule has 8 heteroatoms. The minimum Gasteiger partial charge on any atom is -0.496 e. The maximum Gasteiger partial charge on any atom is 0.410 e. The Labute approximate surface area is 201 Å². The molecule has 3 fully saturated rings. The van der Waals surface area contributed by atoms with Gasteiger partial charge in [-0.05, 0) is 63.3 Å². The van der Waals surface area contributed by atoms with E-state index in [0.717, 1.165) is 42.1 Å². The largest absolute Gasteiger partial charge is 0.496 e. The molecule has 0 aromatic heterocycles. The Morgan fingerprint density at radius 2 is 1.73 bits per heavy atom. The zero-order chi connectivity index (χ0) is 23.8. The van der Waals surface area contributed by atoms with Gasteiger partial charge in [-0.3, -0.25) is 9.69 Å². The van der Waals surface area contributed by atoms with Gasteiger partial charge in [0, 0.05) is 62.0 Å². The minimum atomic E-state index is -0.475. The van der Waals surface area contributed by atoms with E-state index in [9.17, 15) is 9.59 Å². The fourth-order valence-electron chi connectivity index (χ4n) is 4.34.